The molecule has 10 heteroatoms. The predicted octanol–water partition coefficient (Wildman–Crippen LogP) is 4.26. The van der Waals surface area contributed by atoms with Crippen LogP contribution in [0, 0.1) is 5.82 Å². The summed E-state index contributed by atoms with van der Waals surface area (Å²) >= 11 is 12.0. The fourth-order valence-corrected chi connectivity index (χ4v) is 2.53. The number of fused-ring (bicyclic) bond motifs is 1. The Morgan fingerprint density at radius 1 is 1.14 bits per heavy atom. The summed E-state index contributed by atoms with van der Waals surface area (Å²) in [6.07, 6.45) is -3.49. The van der Waals surface area contributed by atoms with Gasteiger partial charge in [0.25, 0.3) is 5.78 Å². The number of hydrogen-bond donors (Lipinski definition) is 0. The van der Waals surface area contributed by atoms with E-state index in [-0.39, 0.29) is 27.2 Å². The molecule has 3 rings (SSSR count). The third-order valence-corrected chi connectivity index (χ3v) is 3.51. The van der Waals surface area contributed by atoms with Gasteiger partial charge in [0, 0.05) is 5.56 Å². The Kier molecular flexibility index (Phi) is 3.45. The van der Waals surface area contributed by atoms with Gasteiger partial charge in [-0.3, -0.25) is 0 Å². The number of hydrogen-bond acceptors (Lipinski definition) is 3. The largest absolute Gasteiger partial charge is 0.416 e. The normalized spacial score (nSPS) is 12.1. The SMILES string of the molecule is Fc1cc(C(F)(F)F)ccc1-c1c(Cl)nc2ncnn2c1Cl. The molecule has 0 fully saturated rings. The standard InChI is InChI=1S/C12H4Cl2F4N4/c13-9-8(10(14)22-11(21-9)19-4-20-22)6-2-1-5(3-7(6)15)12(16,17)18/h1-4H. The molecule has 0 bridgehead atoms. The smallest absolute Gasteiger partial charge is 0.206 e. The topological polar surface area (TPSA) is 43.1 Å². The van der Waals surface area contributed by atoms with E-state index in [2.05, 4.69) is 15.1 Å². The van der Waals surface area contributed by atoms with Gasteiger partial charge in [-0.05, 0) is 12.1 Å². The van der Waals surface area contributed by atoms with E-state index in [1.54, 1.807) is 0 Å². The van der Waals surface area contributed by atoms with Crippen molar-refractivity contribution < 1.29 is 17.6 Å². The van der Waals surface area contributed by atoms with Gasteiger partial charge in [0.2, 0.25) is 0 Å². The summed E-state index contributed by atoms with van der Waals surface area (Å²) in [4.78, 5) is 7.64. The van der Waals surface area contributed by atoms with Crippen LogP contribution in [0.2, 0.25) is 10.3 Å². The highest BCUT2D eigenvalue weighted by molar-refractivity contribution is 6.38. The molecule has 0 spiro atoms. The molecule has 3 aromatic rings. The van der Waals surface area contributed by atoms with Gasteiger partial charge >= 0.3 is 6.18 Å². The molecule has 0 unspecified atom stereocenters. The van der Waals surface area contributed by atoms with Crippen LogP contribution in [0.4, 0.5) is 17.6 Å². The Labute approximate surface area is 130 Å². The van der Waals surface area contributed by atoms with Gasteiger partial charge in [0.1, 0.15) is 22.5 Å². The van der Waals surface area contributed by atoms with Crippen molar-refractivity contribution in [2.75, 3.05) is 0 Å². The molecular formula is C12H4Cl2F4N4. The first-order chi connectivity index (χ1) is 10.3. The molecule has 4 nitrogen and oxygen atoms in total. The summed E-state index contributed by atoms with van der Waals surface area (Å²) in [5, 5.41) is 3.49. The molecule has 1 aromatic carbocycles. The minimum Gasteiger partial charge on any atom is -0.206 e. The number of nitrogens with zero attached hydrogens (tertiary/aromatic N) is 4. The third kappa shape index (κ3) is 2.38. The zero-order valence-electron chi connectivity index (χ0n) is 10.4. The summed E-state index contributed by atoms with van der Waals surface area (Å²) in [7, 11) is 0. The van der Waals surface area contributed by atoms with E-state index < -0.39 is 17.6 Å². The molecule has 114 valence electrons. The Hall–Kier alpha value is -1.93. The monoisotopic (exact) mass is 350 g/mol. The quantitative estimate of drug-likeness (QED) is 0.486. The van der Waals surface area contributed by atoms with Gasteiger partial charge in [-0.15, -0.1) is 0 Å². The van der Waals surface area contributed by atoms with E-state index in [0.717, 1.165) is 23.0 Å². The molecule has 0 amide bonds. The van der Waals surface area contributed by atoms with Crippen LogP contribution in [-0.2, 0) is 6.18 Å². The van der Waals surface area contributed by atoms with Crippen molar-refractivity contribution in [3.8, 4) is 11.1 Å². The molecule has 0 radical (unpaired) electrons. The van der Waals surface area contributed by atoms with Crippen LogP contribution in [0.5, 0.6) is 0 Å². The molecule has 0 saturated carbocycles. The van der Waals surface area contributed by atoms with Gasteiger partial charge in [0.05, 0.1) is 11.1 Å². The van der Waals surface area contributed by atoms with Crippen molar-refractivity contribution >= 4 is 29.0 Å². The van der Waals surface area contributed by atoms with Crippen LogP contribution >= 0.6 is 23.2 Å². The van der Waals surface area contributed by atoms with E-state index in [0.29, 0.717) is 6.07 Å². The first-order valence-electron chi connectivity index (χ1n) is 5.71. The molecule has 2 aromatic heterocycles. The second-order valence-electron chi connectivity index (χ2n) is 4.23. The van der Waals surface area contributed by atoms with Crippen molar-refractivity contribution in [2.45, 2.75) is 6.18 Å². The van der Waals surface area contributed by atoms with E-state index in [1.165, 1.54) is 0 Å². The van der Waals surface area contributed by atoms with E-state index in [1.807, 2.05) is 0 Å². The maximum Gasteiger partial charge on any atom is 0.416 e. The summed E-state index contributed by atoms with van der Waals surface area (Å²) in [5.41, 5.74) is -1.39. The van der Waals surface area contributed by atoms with Crippen LogP contribution in [0.15, 0.2) is 24.5 Å². The van der Waals surface area contributed by atoms with E-state index in [4.69, 9.17) is 23.2 Å². The lowest BCUT2D eigenvalue weighted by atomic mass is 10.1. The van der Waals surface area contributed by atoms with Gasteiger partial charge in [0.15, 0.2) is 0 Å². The van der Waals surface area contributed by atoms with Crippen LogP contribution in [-0.4, -0.2) is 19.6 Å². The predicted molar refractivity (Wildman–Crippen MR) is 71.2 cm³/mol. The van der Waals surface area contributed by atoms with Crippen molar-refractivity contribution in [1.82, 2.24) is 19.6 Å². The van der Waals surface area contributed by atoms with Crippen molar-refractivity contribution in [2.24, 2.45) is 0 Å². The lowest BCUT2D eigenvalue weighted by Gasteiger charge is -2.11. The van der Waals surface area contributed by atoms with E-state index >= 15 is 0 Å². The molecule has 0 aliphatic carbocycles. The maximum absolute atomic E-state index is 14.1. The number of alkyl halides is 3. The lowest BCUT2D eigenvalue weighted by Crippen LogP contribution is -2.06. The van der Waals surface area contributed by atoms with Crippen LogP contribution in [0.3, 0.4) is 0 Å². The van der Waals surface area contributed by atoms with Crippen LogP contribution < -0.4 is 0 Å². The van der Waals surface area contributed by atoms with Gasteiger partial charge in [-0.1, -0.05) is 29.3 Å². The highest BCUT2D eigenvalue weighted by atomic mass is 35.5. The lowest BCUT2D eigenvalue weighted by molar-refractivity contribution is -0.137. The first kappa shape index (κ1) is 15.0. The molecular weight excluding hydrogens is 347 g/mol. The fraction of sp³-hybridized carbons (Fsp3) is 0.0833. The van der Waals surface area contributed by atoms with Crippen molar-refractivity contribution in [3.05, 3.63) is 46.2 Å². The summed E-state index contributed by atoms with van der Waals surface area (Å²) in [6.45, 7) is 0. The zero-order chi connectivity index (χ0) is 16.1. The van der Waals surface area contributed by atoms with Crippen LogP contribution in [0.25, 0.3) is 16.9 Å². The molecule has 0 aliphatic heterocycles. The summed E-state index contributed by atoms with van der Waals surface area (Å²) in [5.74, 6) is -1.04. The second kappa shape index (κ2) is 5.06. The number of benzene rings is 1. The molecule has 2 heterocycles. The Balaban J connectivity index is 2.24. The average molecular weight is 351 g/mol. The van der Waals surface area contributed by atoms with E-state index in [9.17, 15) is 17.6 Å². The summed E-state index contributed by atoms with van der Waals surface area (Å²) in [6, 6.07) is 2.04. The molecule has 0 aliphatic rings. The van der Waals surface area contributed by atoms with Gasteiger partial charge in [-0.2, -0.15) is 32.8 Å². The molecule has 0 N–H and O–H groups in total. The molecule has 22 heavy (non-hydrogen) atoms. The summed E-state index contributed by atoms with van der Waals surface area (Å²) < 4.78 is 52.9. The maximum atomic E-state index is 14.1. The van der Waals surface area contributed by atoms with Crippen molar-refractivity contribution in [1.29, 1.82) is 0 Å². The molecule has 0 atom stereocenters. The van der Waals surface area contributed by atoms with Crippen molar-refractivity contribution in [3.63, 3.8) is 0 Å². The molecule has 0 saturated heterocycles. The highest BCUT2D eigenvalue weighted by Gasteiger charge is 2.31. The third-order valence-electron chi connectivity index (χ3n) is 2.89. The Morgan fingerprint density at radius 3 is 2.50 bits per heavy atom. The fourth-order valence-electron chi connectivity index (χ4n) is 1.90. The number of aromatic nitrogens is 4. The number of halogens is 6. The van der Waals surface area contributed by atoms with Gasteiger partial charge < -0.3 is 0 Å². The second-order valence-corrected chi connectivity index (χ2v) is 4.95. The zero-order valence-corrected chi connectivity index (χ0v) is 11.9. The first-order valence-corrected chi connectivity index (χ1v) is 6.46. The minimum absolute atomic E-state index is 0.0624. The number of rotatable bonds is 1. The average Bonchev–Trinajstić information content (AvgIpc) is 2.87. The Morgan fingerprint density at radius 2 is 1.86 bits per heavy atom. The minimum atomic E-state index is -4.65. The Bertz CT molecular complexity index is 875. The van der Waals surface area contributed by atoms with Crippen LogP contribution in [0.1, 0.15) is 5.56 Å². The highest BCUT2D eigenvalue weighted by Crippen LogP contribution is 2.37. The van der Waals surface area contributed by atoms with Gasteiger partial charge in [-0.25, -0.2) is 4.39 Å².